The molecule has 0 saturated carbocycles. The second-order valence-corrected chi connectivity index (χ2v) is 3.48. The van der Waals surface area contributed by atoms with Crippen LogP contribution in [-0.2, 0) is 11.3 Å². The van der Waals surface area contributed by atoms with Gasteiger partial charge in [0, 0.05) is 12.1 Å². The summed E-state index contributed by atoms with van der Waals surface area (Å²) in [5, 5.41) is 22.9. The summed E-state index contributed by atoms with van der Waals surface area (Å²) >= 11 is 0. The standard InChI is InChI=1S/C9H7FN6O3/c10-7-2-1-6(16(18)19)3-8(7)12-9(17)4-15-5-11-13-14-15/h1-3,5H,4H2,(H,12,17). The van der Waals surface area contributed by atoms with Crippen molar-refractivity contribution in [3.8, 4) is 0 Å². The van der Waals surface area contributed by atoms with Crippen molar-refractivity contribution in [1.82, 2.24) is 20.2 Å². The van der Waals surface area contributed by atoms with Crippen LogP contribution in [0.3, 0.4) is 0 Å². The number of nitrogens with one attached hydrogen (secondary N) is 1. The topological polar surface area (TPSA) is 116 Å². The molecule has 0 bridgehead atoms. The SMILES string of the molecule is O=C(Cn1cnnn1)Nc1cc([N+](=O)[O-])ccc1F. The summed E-state index contributed by atoms with van der Waals surface area (Å²) in [5.41, 5.74) is -0.591. The molecule has 19 heavy (non-hydrogen) atoms. The molecule has 10 heteroatoms. The molecule has 0 radical (unpaired) electrons. The van der Waals surface area contributed by atoms with E-state index in [1.807, 2.05) is 0 Å². The van der Waals surface area contributed by atoms with Gasteiger partial charge in [0.05, 0.1) is 10.6 Å². The lowest BCUT2D eigenvalue weighted by atomic mass is 10.2. The highest BCUT2D eigenvalue weighted by Gasteiger charge is 2.13. The van der Waals surface area contributed by atoms with Gasteiger partial charge in [0.2, 0.25) is 5.91 Å². The predicted molar refractivity (Wildman–Crippen MR) is 59.5 cm³/mol. The Hall–Kier alpha value is -2.91. The van der Waals surface area contributed by atoms with E-state index in [0.717, 1.165) is 22.9 Å². The van der Waals surface area contributed by atoms with Crippen LogP contribution in [0.4, 0.5) is 15.8 Å². The number of rotatable bonds is 4. The van der Waals surface area contributed by atoms with E-state index in [-0.39, 0.29) is 17.9 Å². The van der Waals surface area contributed by atoms with Gasteiger partial charge in [0.25, 0.3) is 5.69 Å². The van der Waals surface area contributed by atoms with E-state index >= 15 is 0 Å². The van der Waals surface area contributed by atoms with E-state index in [2.05, 4.69) is 20.8 Å². The van der Waals surface area contributed by atoms with Crippen LogP contribution in [-0.4, -0.2) is 31.0 Å². The Morgan fingerprint density at radius 2 is 2.32 bits per heavy atom. The van der Waals surface area contributed by atoms with Crippen molar-refractivity contribution in [2.75, 3.05) is 5.32 Å². The van der Waals surface area contributed by atoms with Crippen molar-refractivity contribution < 1.29 is 14.1 Å². The Kier molecular flexibility index (Phi) is 3.41. The molecule has 0 aliphatic carbocycles. The van der Waals surface area contributed by atoms with Crippen LogP contribution in [0.15, 0.2) is 24.5 Å². The minimum Gasteiger partial charge on any atom is -0.322 e. The normalized spacial score (nSPS) is 10.2. The highest BCUT2D eigenvalue weighted by Crippen LogP contribution is 2.21. The van der Waals surface area contributed by atoms with Crippen LogP contribution in [0.2, 0.25) is 0 Å². The first-order chi connectivity index (χ1) is 9.06. The molecule has 1 amide bonds. The van der Waals surface area contributed by atoms with E-state index in [1.165, 1.54) is 6.33 Å². The van der Waals surface area contributed by atoms with Crippen molar-refractivity contribution in [2.45, 2.75) is 6.54 Å². The molecule has 1 aromatic heterocycles. The number of anilines is 1. The molecule has 0 spiro atoms. The van der Waals surface area contributed by atoms with E-state index in [9.17, 15) is 19.3 Å². The molecule has 2 aromatic rings. The average Bonchev–Trinajstić information content (AvgIpc) is 2.84. The van der Waals surface area contributed by atoms with Crippen LogP contribution in [0.25, 0.3) is 0 Å². The molecule has 0 saturated heterocycles. The number of nitrogens with zero attached hydrogens (tertiary/aromatic N) is 5. The molecule has 1 aromatic carbocycles. The van der Waals surface area contributed by atoms with Crippen LogP contribution >= 0.6 is 0 Å². The van der Waals surface area contributed by atoms with Gasteiger partial charge >= 0.3 is 0 Å². The van der Waals surface area contributed by atoms with Crippen LogP contribution in [0.5, 0.6) is 0 Å². The number of non-ortho nitro benzene ring substituents is 1. The number of hydrogen-bond acceptors (Lipinski definition) is 6. The number of nitro benzene ring substituents is 1. The third-order valence-corrected chi connectivity index (χ3v) is 2.13. The lowest BCUT2D eigenvalue weighted by Gasteiger charge is -2.05. The summed E-state index contributed by atoms with van der Waals surface area (Å²) in [6.07, 6.45) is 1.21. The molecule has 0 aliphatic heterocycles. The average molecular weight is 266 g/mol. The summed E-state index contributed by atoms with van der Waals surface area (Å²) in [4.78, 5) is 21.4. The van der Waals surface area contributed by atoms with Gasteiger partial charge in [-0.25, -0.2) is 9.07 Å². The maximum atomic E-state index is 13.4. The minimum atomic E-state index is -0.768. The maximum Gasteiger partial charge on any atom is 0.271 e. The van der Waals surface area contributed by atoms with Gasteiger partial charge in [-0.3, -0.25) is 14.9 Å². The quantitative estimate of drug-likeness (QED) is 0.630. The Morgan fingerprint density at radius 1 is 1.53 bits per heavy atom. The van der Waals surface area contributed by atoms with E-state index in [1.54, 1.807) is 0 Å². The first-order valence-electron chi connectivity index (χ1n) is 5.01. The van der Waals surface area contributed by atoms with Gasteiger partial charge in [-0.05, 0) is 16.5 Å². The zero-order valence-electron chi connectivity index (χ0n) is 9.36. The first kappa shape index (κ1) is 12.5. The summed E-state index contributed by atoms with van der Waals surface area (Å²) in [6, 6.07) is 2.85. The van der Waals surface area contributed by atoms with Crippen LogP contribution in [0.1, 0.15) is 0 Å². The number of carbonyl (C=O) groups is 1. The highest BCUT2D eigenvalue weighted by atomic mass is 19.1. The Balaban J connectivity index is 2.11. The number of tetrazole rings is 1. The number of hydrogen-bond donors (Lipinski definition) is 1. The smallest absolute Gasteiger partial charge is 0.271 e. The van der Waals surface area contributed by atoms with Crippen molar-refractivity contribution in [3.63, 3.8) is 0 Å². The van der Waals surface area contributed by atoms with Crippen molar-refractivity contribution in [1.29, 1.82) is 0 Å². The summed E-state index contributed by atoms with van der Waals surface area (Å²) in [6.45, 7) is -0.227. The number of aromatic nitrogens is 4. The fourth-order valence-electron chi connectivity index (χ4n) is 1.31. The maximum absolute atomic E-state index is 13.4. The van der Waals surface area contributed by atoms with Crippen molar-refractivity contribution in [2.24, 2.45) is 0 Å². The highest BCUT2D eigenvalue weighted by molar-refractivity contribution is 5.90. The van der Waals surface area contributed by atoms with Crippen molar-refractivity contribution >= 4 is 17.3 Å². The summed E-state index contributed by atoms with van der Waals surface area (Å²) in [7, 11) is 0. The second kappa shape index (κ2) is 5.16. The lowest BCUT2D eigenvalue weighted by molar-refractivity contribution is -0.384. The molecule has 0 atom stereocenters. The van der Waals surface area contributed by atoms with Crippen LogP contribution < -0.4 is 5.32 Å². The number of amides is 1. The monoisotopic (exact) mass is 266 g/mol. The predicted octanol–water partition coefficient (Wildman–Crippen LogP) is 0.359. The van der Waals surface area contributed by atoms with E-state index < -0.39 is 16.6 Å². The zero-order chi connectivity index (χ0) is 13.8. The summed E-state index contributed by atoms with van der Waals surface area (Å²) < 4.78 is 14.5. The molecule has 1 heterocycles. The third-order valence-electron chi connectivity index (χ3n) is 2.13. The Bertz CT molecular complexity index is 614. The number of carbonyl (C=O) groups excluding carboxylic acids is 1. The number of nitro groups is 1. The van der Waals surface area contributed by atoms with Gasteiger partial charge in [-0.2, -0.15) is 0 Å². The van der Waals surface area contributed by atoms with Gasteiger partial charge in [-0.1, -0.05) is 0 Å². The molecule has 0 aliphatic rings. The van der Waals surface area contributed by atoms with Crippen LogP contribution in [0, 0.1) is 15.9 Å². The molecule has 9 nitrogen and oxygen atoms in total. The lowest BCUT2D eigenvalue weighted by Crippen LogP contribution is -2.19. The van der Waals surface area contributed by atoms with Gasteiger partial charge in [-0.15, -0.1) is 5.10 Å². The molecule has 0 unspecified atom stereocenters. The van der Waals surface area contributed by atoms with E-state index in [4.69, 9.17) is 0 Å². The molecule has 98 valence electrons. The molecular weight excluding hydrogens is 259 g/mol. The third kappa shape index (κ3) is 3.06. The molecule has 1 N–H and O–H groups in total. The fraction of sp³-hybridized carbons (Fsp3) is 0.111. The van der Waals surface area contributed by atoms with Gasteiger partial charge in [0.15, 0.2) is 0 Å². The molecule has 2 rings (SSSR count). The fourth-order valence-corrected chi connectivity index (χ4v) is 1.31. The Morgan fingerprint density at radius 3 is 2.95 bits per heavy atom. The Labute approximate surface area is 105 Å². The van der Waals surface area contributed by atoms with E-state index in [0.29, 0.717) is 0 Å². The van der Waals surface area contributed by atoms with Crippen molar-refractivity contribution in [3.05, 3.63) is 40.5 Å². The minimum absolute atomic E-state index is 0.227. The summed E-state index contributed by atoms with van der Waals surface area (Å²) in [5.74, 6) is -1.37. The first-order valence-corrected chi connectivity index (χ1v) is 5.01. The zero-order valence-corrected chi connectivity index (χ0v) is 9.36. The molecule has 0 fully saturated rings. The largest absolute Gasteiger partial charge is 0.322 e. The number of halogens is 1. The van der Waals surface area contributed by atoms with Gasteiger partial charge in [0.1, 0.15) is 18.7 Å². The molecular formula is C9H7FN6O3. The van der Waals surface area contributed by atoms with Gasteiger partial charge < -0.3 is 5.32 Å². The number of benzene rings is 1. The second-order valence-electron chi connectivity index (χ2n) is 3.48.